The van der Waals surface area contributed by atoms with Crippen molar-refractivity contribution in [1.29, 1.82) is 0 Å². The summed E-state index contributed by atoms with van der Waals surface area (Å²) in [5.74, 6) is 0. The van der Waals surface area contributed by atoms with Gasteiger partial charge in [-0.1, -0.05) is 80.1 Å². The fourth-order valence-corrected chi connectivity index (χ4v) is 5.01. The Morgan fingerprint density at radius 2 is 1.12 bits per heavy atom. The highest BCUT2D eigenvalue weighted by atomic mass is 15.0. The summed E-state index contributed by atoms with van der Waals surface area (Å²) in [6.45, 7) is 7.70. The molecular formula is C33H32N+. The average Bonchev–Trinajstić information content (AvgIpc) is 3.28. The molecule has 0 aliphatic heterocycles. The molecule has 0 radical (unpaired) electrons. The Kier molecular flexibility index (Phi) is 6.27. The first-order chi connectivity index (χ1) is 16.7. The smallest absolute Gasteiger partial charge is 0.191 e. The SMILES string of the molecule is CCCC[n+]1c(-c2ccccc2)cc(-c2ccc3c(C)cccc(C)c2-3)cc1-c1ccccc1. The molecule has 5 rings (SSSR count). The van der Waals surface area contributed by atoms with E-state index in [1.807, 2.05) is 0 Å². The number of fused-ring (bicyclic) bond motifs is 1. The van der Waals surface area contributed by atoms with Crippen molar-refractivity contribution in [3.05, 3.63) is 114 Å². The minimum atomic E-state index is 1.00. The minimum absolute atomic E-state index is 1.00. The Morgan fingerprint density at radius 3 is 1.71 bits per heavy atom. The van der Waals surface area contributed by atoms with Crippen LogP contribution in [0, 0.1) is 13.8 Å². The first-order valence-corrected chi connectivity index (χ1v) is 12.4. The van der Waals surface area contributed by atoms with Gasteiger partial charge in [0.2, 0.25) is 11.4 Å². The van der Waals surface area contributed by atoms with Crippen LogP contribution in [0.4, 0.5) is 0 Å². The van der Waals surface area contributed by atoms with Gasteiger partial charge in [0, 0.05) is 29.7 Å². The van der Waals surface area contributed by atoms with Crippen LogP contribution in [0.25, 0.3) is 44.8 Å². The van der Waals surface area contributed by atoms with Gasteiger partial charge in [-0.15, -0.1) is 0 Å². The fourth-order valence-electron chi connectivity index (χ4n) is 5.01. The molecule has 0 N–H and O–H groups in total. The van der Waals surface area contributed by atoms with Crippen molar-refractivity contribution in [3.8, 4) is 44.8 Å². The van der Waals surface area contributed by atoms with Crippen LogP contribution in [0.1, 0.15) is 30.9 Å². The molecule has 1 aromatic heterocycles. The lowest BCUT2D eigenvalue weighted by Crippen LogP contribution is -2.39. The van der Waals surface area contributed by atoms with Crippen molar-refractivity contribution in [1.82, 2.24) is 0 Å². The molecule has 0 saturated heterocycles. The lowest BCUT2D eigenvalue weighted by Gasteiger charge is -2.14. The van der Waals surface area contributed by atoms with Crippen LogP contribution in [-0.4, -0.2) is 0 Å². The number of unbranched alkanes of at least 4 members (excludes halogenated alkanes) is 1. The van der Waals surface area contributed by atoms with Gasteiger partial charge in [0.15, 0.2) is 0 Å². The Morgan fingerprint density at radius 1 is 0.559 bits per heavy atom. The second-order valence-electron chi connectivity index (χ2n) is 9.18. The molecule has 0 saturated carbocycles. The molecule has 0 amide bonds. The molecule has 2 aromatic carbocycles. The van der Waals surface area contributed by atoms with Crippen LogP contribution in [0.5, 0.6) is 0 Å². The van der Waals surface area contributed by atoms with Crippen molar-refractivity contribution < 1.29 is 4.57 Å². The molecule has 2 aliphatic rings. The van der Waals surface area contributed by atoms with Crippen LogP contribution in [-0.2, 0) is 6.54 Å². The van der Waals surface area contributed by atoms with E-state index >= 15 is 0 Å². The van der Waals surface area contributed by atoms with Gasteiger partial charge in [0.25, 0.3) is 0 Å². The molecule has 0 fully saturated rings. The zero-order chi connectivity index (χ0) is 23.5. The van der Waals surface area contributed by atoms with Gasteiger partial charge in [-0.3, -0.25) is 0 Å². The number of hydrogen-bond donors (Lipinski definition) is 0. The molecule has 1 nitrogen and oxygen atoms in total. The summed E-state index contributed by atoms with van der Waals surface area (Å²) >= 11 is 0. The first kappa shape index (κ1) is 22.1. The Bertz CT molecular complexity index is 1320. The predicted molar refractivity (Wildman–Crippen MR) is 144 cm³/mol. The van der Waals surface area contributed by atoms with Crippen LogP contribution in [0.15, 0.2) is 103 Å². The molecule has 3 aromatic rings. The highest BCUT2D eigenvalue weighted by Crippen LogP contribution is 2.40. The minimum Gasteiger partial charge on any atom is -0.191 e. The summed E-state index contributed by atoms with van der Waals surface area (Å²) in [6, 6.07) is 37.7. The summed E-state index contributed by atoms with van der Waals surface area (Å²) in [6.07, 6.45) is 2.32. The number of rotatable bonds is 6. The van der Waals surface area contributed by atoms with E-state index in [9.17, 15) is 0 Å². The molecule has 0 atom stereocenters. The number of aromatic nitrogens is 1. The van der Waals surface area contributed by atoms with E-state index in [-0.39, 0.29) is 0 Å². The molecule has 1 heteroatoms. The Labute approximate surface area is 203 Å². The number of pyridine rings is 1. The molecule has 2 aliphatic carbocycles. The van der Waals surface area contributed by atoms with Crippen LogP contribution < -0.4 is 4.57 Å². The van der Waals surface area contributed by atoms with Crippen LogP contribution >= 0.6 is 0 Å². The molecule has 0 bridgehead atoms. The van der Waals surface area contributed by atoms with E-state index in [1.54, 1.807) is 0 Å². The molecule has 168 valence electrons. The number of benzene rings is 2. The van der Waals surface area contributed by atoms with Crippen LogP contribution in [0.3, 0.4) is 0 Å². The zero-order valence-corrected chi connectivity index (χ0v) is 20.4. The first-order valence-electron chi connectivity index (χ1n) is 12.4. The van der Waals surface area contributed by atoms with Gasteiger partial charge in [0.1, 0.15) is 6.54 Å². The third-order valence-corrected chi connectivity index (χ3v) is 6.82. The van der Waals surface area contributed by atoms with Crippen molar-refractivity contribution in [3.63, 3.8) is 0 Å². The molecule has 0 spiro atoms. The summed E-state index contributed by atoms with van der Waals surface area (Å²) in [5, 5.41) is 0. The maximum Gasteiger partial charge on any atom is 0.213 e. The maximum absolute atomic E-state index is 2.51. The van der Waals surface area contributed by atoms with E-state index in [2.05, 4.69) is 128 Å². The fraction of sp³-hybridized carbons (Fsp3) is 0.182. The van der Waals surface area contributed by atoms with Crippen molar-refractivity contribution in [2.24, 2.45) is 0 Å². The molecule has 34 heavy (non-hydrogen) atoms. The molecular weight excluding hydrogens is 410 g/mol. The van der Waals surface area contributed by atoms with E-state index in [0.29, 0.717) is 0 Å². The number of nitrogens with zero attached hydrogens (tertiary/aromatic N) is 1. The van der Waals surface area contributed by atoms with Crippen molar-refractivity contribution in [2.45, 2.75) is 40.2 Å². The van der Waals surface area contributed by atoms with Gasteiger partial charge >= 0.3 is 0 Å². The van der Waals surface area contributed by atoms with Gasteiger partial charge in [-0.2, -0.15) is 4.57 Å². The van der Waals surface area contributed by atoms with Crippen molar-refractivity contribution in [2.75, 3.05) is 0 Å². The van der Waals surface area contributed by atoms with E-state index in [1.165, 1.54) is 62.3 Å². The highest BCUT2D eigenvalue weighted by molar-refractivity contribution is 5.91. The summed E-state index contributed by atoms with van der Waals surface area (Å²) in [4.78, 5) is 0. The second-order valence-corrected chi connectivity index (χ2v) is 9.18. The zero-order valence-electron chi connectivity index (χ0n) is 20.4. The van der Waals surface area contributed by atoms with Gasteiger partial charge in [-0.05, 0) is 71.5 Å². The molecule has 1 heterocycles. The van der Waals surface area contributed by atoms with Gasteiger partial charge in [-0.25, -0.2) is 0 Å². The Balaban J connectivity index is 1.82. The number of hydrogen-bond acceptors (Lipinski definition) is 0. The third kappa shape index (κ3) is 4.15. The van der Waals surface area contributed by atoms with E-state index in [0.717, 1.165) is 13.0 Å². The quantitative estimate of drug-likeness (QED) is 0.232. The topological polar surface area (TPSA) is 3.88 Å². The maximum atomic E-state index is 2.51. The van der Waals surface area contributed by atoms with Crippen LogP contribution in [0.2, 0.25) is 0 Å². The van der Waals surface area contributed by atoms with Gasteiger partial charge < -0.3 is 0 Å². The second kappa shape index (κ2) is 9.65. The normalized spacial score (nSPS) is 11.1. The summed E-state index contributed by atoms with van der Waals surface area (Å²) < 4.78 is 2.51. The number of aryl methyl sites for hydroxylation is 2. The molecule has 0 unspecified atom stereocenters. The van der Waals surface area contributed by atoms with Crippen molar-refractivity contribution >= 4 is 0 Å². The standard InChI is InChI=1S/C33H32N/c1-4-5-21-34-31(26-15-8-6-9-16-26)22-28(23-32(34)27-17-10-7-11-18-27)30-20-19-29-24(2)13-12-14-25(3)33(29)30/h6-20,22-23H,4-5,21H2,1-3H3/q+1. The van der Waals surface area contributed by atoms with E-state index in [4.69, 9.17) is 0 Å². The lowest BCUT2D eigenvalue weighted by molar-refractivity contribution is -0.675. The third-order valence-electron chi connectivity index (χ3n) is 6.82. The Hall–Kier alpha value is -3.71. The van der Waals surface area contributed by atoms with Gasteiger partial charge in [0.05, 0.1) is 0 Å². The lowest BCUT2D eigenvalue weighted by atomic mass is 9.94. The monoisotopic (exact) mass is 442 g/mol. The predicted octanol–water partition coefficient (Wildman–Crippen LogP) is 8.50. The van der Waals surface area contributed by atoms with E-state index < -0.39 is 0 Å². The highest BCUT2D eigenvalue weighted by Gasteiger charge is 2.24. The summed E-state index contributed by atoms with van der Waals surface area (Å²) in [5.41, 5.74) is 13.0. The summed E-state index contributed by atoms with van der Waals surface area (Å²) in [7, 11) is 0. The largest absolute Gasteiger partial charge is 0.213 e. The average molecular weight is 443 g/mol.